The summed E-state index contributed by atoms with van der Waals surface area (Å²) >= 11 is 0. The molecule has 2 bridgehead atoms. The van der Waals surface area contributed by atoms with Crippen molar-refractivity contribution in [2.24, 2.45) is 0 Å². The van der Waals surface area contributed by atoms with Crippen molar-refractivity contribution in [1.82, 2.24) is 0 Å². The first kappa shape index (κ1) is 13.4. The molecule has 2 aliphatic rings. The summed E-state index contributed by atoms with van der Waals surface area (Å²) in [5, 5.41) is 8.36. The lowest BCUT2D eigenvalue weighted by Crippen LogP contribution is -2.39. The molecule has 3 nitrogen and oxygen atoms in total. The van der Waals surface area contributed by atoms with E-state index in [2.05, 4.69) is 6.07 Å². The molecule has 0 aromatic heterocycles. The van der Waals surface area contributed by atoms with Crippen molar-refractivity contribution in [2.75, 3.05) is 0 Å². The van der Waals surface area contributed by atoms with Gasteiger partial charge < -0.3 is 0 Å². The molecule has 1 fully saturated rings. The Kier molecular flexibility index (Phi) is 3.39. The fourth-order valence-electron chi connectivity index (χ4n) is 3.23. The molecule has 0 saturated carbocycles. The van der Waals surface area contributed by atoms with E-state index in [0.29, 0.717) is 12.0 Å². The van der Waals surface area contributed by atoms with Crippen molar-refractivity contribution in [3.8, 4) is 6.07 Å². The molecule has 2 unspecified atom stereocenters. The molecule has 2 aliphatic heterocycles. The molecule has 2 heterocycles. The van der Waals surface area contributed by atoms with E-state index in [1.807, 2.05) is 30.3 Å². The highest BCUT2D eigenvalue weighted by Gasteiger charge is 2.39. The maximum Gasteiger partial charge on any atom is 0.159 e. The molecule has 0 N–H and O–H groups in total. The van der Waals surface area contributed by atoms with Crippen LogP contribution in [0.5, 0.6) is 0 Å². The third-order valence-electron chi connectivity index (χ3n) is 4.33. The lowest BCUT2D eigenvalue weighted by molar-refractivity contribution is 0.507. The number of fused-ring (bicyclic) bond motifs is 2. The maximum absolute atomic E-state index is 12.2. The van der Waals surface area contributed by atoms with Crippen molar-refractivity contribution in [1.29, 1.82) is 5.26 Å². The van der Waals surface area contributed by atoms with Crippen molar-refractivity contribution < 1.29 is 8.42 Å². The summed E-state index contributed by atoms with van der Waals surface area (Å²) in [7, 11) is -2.92. The van der Waals surface area contributed by atoms with Gasteiger partial charge in [0.05, 0.1) is 22.1 Å². The van der Waals surface area contributed by atoms with Gasteiger partial charge in [0.2, 0.25) is 0 Å². The van der Waals surface area contributed by atoms with Crippen LogP contribution in [0.1, 0.15) is 36.8 Å². The van der Waals surface area contributed by atoms with Crippen LogP contribution in [0.25, 0.3) is 0 Å². The Morgan fingerprint density at radius 1 is 1.20 bits per heavy atom. The van der Waals surface area contributed by atoms with E-state index >= 15 is 0 Å². The zero-order valence-corrected chi connectivity index (χ0v) is 12.1. The molecule has 0 radical (unpaired) electrons. The van der Waals surface area contributed by atoms with Crippen LogP contribution in [0.3, 0.4) is 0 Å². The van der Waals surface area contributed by atoms with Gasteiger partial charge in [-0.1, -0.05) is 30.2 Å². The first-order valence-corrected chi connectivity index (χ1v) is 8.62. The van der Waals surface area contributed by atoms with E-state index in [4.69, 9.17) is 5.26 Å². The quantitative estimate of drug-likeness (QED) is 0.786. The minimum absolute atomic E-state index is 0.167. The molecule has 0 amide bonds. The number of nitrogens with zero attached hydrogens (tertiary/aromatic N) is 1. The Morgan fingerprint density at radius 3 is 2.60 bits per heavy atom. The number of hydrogen-bond acceptors (Lipinski definition) is 3. The average Bonchev–Trinajstić information content (AvgIpc) is 2.40. The summed E-state index contributed by atoms with van der Waals surface area (Å²) in [5.41, 5.74) is 3.04. The molecule has 20 heavy (non-hydrogen) atoms. The first-order chi connectivity index (χ1) is 9.59. The van der Waals surface area contributed by atoms with E-state index in [1.54, 1.807) is 0 Å². The highest BCUT2D eigenvalue weighted by molar-refractivity contribution is 7.92. The van der Waals surface area contributed by atoms with Gasteiger partial charge in [-0.2, -0.15) is 5.26 Å². The van der Waals surface area contributed by atoms with Crippen LogP contribution in [0, 0.1) is 11.3 Å². The van der Waals surface area contributed by atoms with E-state index in [1.165, 1.54) is 5.57 Å². The largest absolute Gasteiger partial charge is 0.228 e. The summed E-state index contributed by atoms with van der Waals surface area (Å²) in [6.45, 7) is 0. The molecule has 4 heteroatoms. The monoisotopic (exact) mass is 287 g/mol. The van der Waals surface area contributed by atoms with Gasteiger partial charge in [-0.25, -0.2) is 8.42 Å². The normalized spacial score (nSPS) is 27.4. The van der Waals surface area contributed by atoms with Crippen molar-refractivity contribution in [3.05, 3.63) is 47.0 Å². The molecular weight excluding hydrogens is 270 g/mol. The summed E-state index contributed by atoms with van der Waals surface area (Å²) in [6, 6.07) is 9.65. The molecule has 2 atom stereocenters. The van der Waals surface area contributed by atoms with Gasteiger partial charge in [-0.05, 0) is 43.4 Å². The predicted octanol–water partition coefficient (Wildman–Crippen LogP) is 2.77. The van der Waals surface area contributed by atoms with E-state index in [0.717, 1.165) is 31.2 Å². The summed E-state index contributed by atoms with van der Waals surface area (Å²) in [6.07, 6.45) is 6.06. The van der Waals surface area contributed by atoms with Gasteiger partial charge in [0, 0.05) is 0 Å². The molecule has 3 rings (SSSR count). The SMILES string of the molecule is N#Cc1ccc(CC2=CC3CCCC(C2)S3(=O)=O)cc1. The minimum Gasteiger partial charge on any atom is -0.228 e. The Morgan fingerprint density at radius 2 is 1.95 bits per heavy atom. The second kappa shape index (κ2) is 5.06. The highest BCUT2D eigenvalue weighted by Crippen LogP contribution is 2.36. The van der Waals surface area contributed by atoms with Gasteiger partial charge in [0.1, 0.15) is 0 Å². The lowest BCUT2D eigenvalue weighted by Gasteiger charge is -2.33. The molecule has 0 spiro atoms. The third kappa shape index (κ3) is 2.38. The number of allylic oxidation sites excluding steroid dienone is 1. The Balaban J connectivity index is 1.82. The van der Waals surface area contributed by atoms with E-state index in [9.17, 15) is 8.42 Å². The second-order valence-corrected chi connectivity index (χ2v) is 8.15. The van der Waals surface area contributed by atoms with Crippen LogP contribution in [-0.4, -0.2) is 18.9 Å². The third-order valence-corrected chi connectivity index (χ3v) is 6.87. The summed E-state index contributed by atoms with van der Waals surface area (Å²) in [4.78, 5) is 0. The van der Waals surface area contributed by atoms with Crippen LogP contribution >= 0.6 is 0 Å². The van der Waals surface area contributed by atoms with Crippen LogP contribution in [0.15, 0.2) is 35.9 Å². The van der Waals surface area contributed by atoms with Crippen molar-refractivity contribution in [3.63, 3.8) is 0 Å². The number of sulfone groups is 1. The standard InChI is InChI=1S/C16H17NO2S/c17-11-13-6-4-12(5-7-13)8-14-9-15-2-1-3-16(10-14)20(15,18)19/h4-7,9,15-16H,1-3,8,10H2. The van der Waals surface area contributed by atoms with E-state index < -0.39 is 9.84 Å². The van der Waals surface area contributed by atoms with Gasteiger partial charge in [-0.3, -0.25) is 0 Å². The second-order valence-electron chi connectivity index (χ2n) is 5.69. The van der Waals surface area contributed by atoms with Gasteiger partial charge >= 0.3 is 0 Å². The smallest absolute Gasteiger partial charge is 0.159 e. The van der Waals surface area contributed by atoms with Crippen LogP contribution in [0.4, 0.5) is 0 Å². The molecule has 0 aliphatic carbocycles. The Labute approximate surface area is 119 Å². The molecular formula is C16H17NO2S. The highest BCUT2D eigenvalue weighted by atomic mass is 32.2. The van der Waals surface area contributed by atoms with Crippen LogP contribution < -0.4 is 0 Å². The number of benzene rings is 1. The maximum atomic E-state index is 12.2. The predicted molar refractivity (Wildman–Crippen MR) is 77.9 cm³/mol. The van der Waals surface area contributed by atoms with Crippen LogP contribution in [0.2, 0.25) is 0 Å². The van der Waals surface area contributed by atoms with Crippen LogP contribution in [-0.2, 0) is 16.3 Å². The fraction of sp³-hybridized carbons (Fsp3) is 0.438. The first-order valence-electron chi connectivity index (χ1n) is 7.01. The molecule has 104 valence electrons. The average molecular weight is 287 g/mol. The number of hydrogen-bond donors (Lipinski definition) is 0. The summed E-state index contributed by atoms with van der Waals surface area (Å²) in [5.74, 6) is 0. The fourth-order valence-corrected chi connectivity index (χ4v) is 5.55. The molecule has 1 saturated heterocycles. The van der Waals surface area contributed by atoms with Gasteiger partial charge in [0.15, 0.2) is 9.84 Å². The number of nitriles is 1. The van der Waals surface area contributed by atoms with Gasteiger partial charge in [-0.15, -0.1) is 0 Å². The Bertz CT molecular complexity index is 680. The zero-order chi connectivity index (χ0) is 14.2. The number of rotatable bonds is 2. The minimum atomic E-state index is -2.92. The molecule has 1 aromatic rings. The van der Waals surface area contributed by atoms with Crippen molar-refractivity contribution in [2.45, 2.75) is 42.6 Å². The molecule has 1 aromatic carbocycles. The summed E-state index contributed by atoms with van der Waals surface area (Å²) < 4.78 is 24.4. The lowest BCUT2D eigenvalue weighted by atomic mass is 9.93. The van der Waals surface area contributed by atoms with E-state index in [-0.39, 0.29) is 10.5 Å². The van der Waals surface area contributed by atoms with Gasteiger partial charge in [0.25, 0.3) is 0 Å². The van der Waals surface area contributed by atoms with Crippen molar-refractivity contribution >= 4 is 9.84 Å². The zero-order valence-electron chi connectivity index (χ0n) is 11.2. The Hall–Kier alpha value is -1.60. The topological polar surface area (TPSA) is 57.9 Å².